The first kappa shape index (κ1) is 44.0. The summed E-state index contributed by atoms with van der Waals surface area (Å²) in [6, 6.07) is -1.40. The molecule has 290 valence electrons. The van der Waals surface area contributed by atoms with Crippen LogP contribution in [0.1, 0.15) is 160 Å². The van der Waals surface area contributed by atoms with Crippen LogP contribution >= 0.6 is 0 Å². The summed E-state index contributed by atoms with van der Waals surface area (Å²) in [5.41, 5.74) is -2.86. The van der Waals surface area contributed by atoms with E-state index in [-0.39, 0.29) is 38.1 Å². The van der Waals surface area contributed by atoms with Crippen molar-refractivity contribution in [2.45, 2.75) is 195 Å². The molecular weight excluding hydrogens is 636 g/mol. The Kier molecular flexibility index (Phi) is 16.7. The minimum atomic E-state index is -0.718. The topological polar surface area (TPSA) is 112 Å². The molecule has 0 N–H and O–H groups in total. The number of ether oxygens (including phenoxy) is 4. The van der Waals surface area contributed by atoms with Crippen LogP contribution in [-0.4, -0.2) is 94.3 Å². The second-order valence-electron chi connectivity index (χ2n) is 18.7. The van der Waals surface area contributed by atoms with Crippen LogP contribution in [0, 0.1) is 11.8 Å². The number of carbonyl (C=O) groups excluding carboxylic acids is 4. The average Bonchev–Trinajstić information content (AvgIpc) is 2.93. The minimum Gasteiger partial charge on any atom is -0.459 e. The molecule has 10 heteroatoms. The smallest absolute Gasteiger partial charge is 0.323 e. The SMILES string of the molecule is CC(C)(C)OC(=O)CN(CCN(CC(=O)OC(C)(C)C)[C@@H](CC1CCCCC1)C(=O)OC(C)(C)C)[C@@H](CC1CCCCC1)C(=O)OC(C)(C)C. The second kappa shape index (κ2) is 19.0. The van der Waals surface area contributed by atoms with Gasteiger partial charge in [0.25, 0.3) is 0 Å². The van der Waals surface area contributed by atoms with Crippen molar-refractivity contribution in [3.8, 4) is 0 Å². The molecule has 0 radical (unpaired) electrons. The third-order valence-electron chi connectivity index (χ3n) is 8.98. The van der Waals surface area contributed by atoms with Crippen LogP contribution in [-0.2, 0) is 38.1 Å². The van der Waals surface area contributed by atoms with Gasteiger partial charge in [-0.05, 0) is 108 Å². The fourth-order valence-electron chi connectivity index (χ4n) is 7.03. The molecule has 0 aliphatic heterocycles. The number of rotatable bonds is 15. The summed E-state index contributed by atoms with van der Waals surface area (Å²) in [6.07, 6.45) is 12.0. The van der Waals surface area contributed by atoms with Crippen molar-refractivity contribution in [2.75, 3.05) is 26.2 Å². The Morgan fingerprint density at radius 3 is 1.02 bits per heavy atom. The van der Waals surface area contributed by atoms with Crippen LogP contribution < -0.4 is 0 Å². The molecule has 0 amide bonds. The first-order chi connectivity index (χ1) is 22.9. The van der Waals surface area contributed by atoms with Crippen LogP contribution in [0.4, 0.5) is 0 Å². The first-order valence-corrected chi connectivity index (χ1v) is 19.3. The molecule has 2 fully saturated rings. The molecule has 2 aliphatic carbocycles. The van der Waals surface area contributed by atoms with Gasteiger partial charge < -0.3 is 18.9 Å². The monoisotopic (exact) mass is 709 g/mol. The van der Waals surface area contributed by atoms with Gasteiger partial charge >= 0.3 is 23.9 Å². The summed E-state index contributed by atoms with van der Waals surface area (Å²) >= 11 is 0. The maximum Gasteiger partial charge on any atom is 0.323 e. The van der Waals surface area contributed by atoms with E-state index < -0.39 is 46.4 Å². The van der Waals surface area contributed by atoms with E-state index in [1.807, 2.05) is 92.9 Å². The quantitative estimate of drug-likeness (QED) is 0.124. The molecule has 2 aliphatic rings. The van der Waals surface area contributed by atoms with E-state index in [1.165, 1.54) is 12.8 Å². The molecule has 0 aromatic carbocycles. The molecule has 0 aromatic rings. The molecule has 0 heterocycles. The van der Waals surface area contributed by atoms with Gasteiger partial charge in [0, 0.05) is 13.1 Å². The number of carbonyl (C=O) groups is 4. The van der Waals surface area contributed by atoms with E-state index in [9.17, 15) is 19.2 Å². The van der Waals surface area contributed by atoms with Gasteiger partial charge in [0.15, 0.2) is 0 Å². The maximum atomic E-state index is 14.0. The summed E-state index contributed by atoms with van der Waals surface area (Å²) in [4.78, 5) is 58.6. The van der Waals surface area contributed by atoms with Crippen LogP contribution in [0.15, 0.2) is 0 Å². The Labute approximate surface area is 304 Å². The van der Waals surface area contributed by atoms with Crippen molar-refractivity contribution < 1.29 is 38.1 Å². The number of nitrogens with zero attached hydrogens (tertiary/aromatic N) is 2. The third-order valence-corrected chi connectivity index (χ3v) is 8.98. The molecule has 0 unspecified atom stereocenters. The zero-order chi connectivity index (χ0) is 37.9. The van der Waals surface area contributed by atoms with Crippen molar-refractivity contribution in [2.24, 2.45) is 11.8 Å². The van der Waals surface area contributed by atoms with Crippen molar-refractivity contribution in [3.05, 3.63) is 0 Å². The van der Waals surface area contributed by atoms with Crippen molar-refractivity contribution in [3.63, 3.8) is 0 Å². The van der Waals surface area contributed by atoms with Crippen LogP contribution in [0.3, 0.4) is 0 Å². The fourth-order valence-corrected chi connectivity index (χ4v) is 7.03. The van der Waals surface area contributed by atoms with E-state index >= 15 is 0 Å². The lowest BCUT2D eigenvalue weighted by Crippen LogP contribution is -2.54. The summed E-state index contributed by atoms with van der Waals surface area (Å²) in [5.74, 6) is -1.01. The molecule has 0 saturated heterocycles. The van der Waals surface area contributed by atoms with Gasteiger partial charge in [-0.25, -0.2) is 0 Å². The highest BCUT2D eigenvalue weighted by atomic mass is 16.6. The normalized spacial score (nSPS) is 18.4. The molecule has 0 bridgehead atoms. The van der Waals surface area contributed by atoms with E-state index in [0.717, 1.165) is 51.4 Å². The number of esters is 4. The number of hydrogen-bond acceptors (Lipinski definition) is 10. The summed E-state index contributed by atoms with van der Waals surface area (Å²) in [5, 5.41) is 0. The maximum absolute atomic E-state index is 14.0. The first-order valence-electron chi connectivity index (χ1n) is 19.3. The minimum absolute atomic E-state index is 0.131. The summed E-state index contributed by atoms with van der Waals surface area (Å²) < 4.78 is 23.5. The lowest BCUT2D eigenvalue weighted by atomic mass is 9.84. The Morgan fingerprint density at radius 2 is 0.760 bits per heavy atom. The van der Waals surface area contributed by atoms with E-state index in [2.05, 4.69) is 0 Å². The predicted molar refractivity (Wildman–Crippen MR) is 196 cm³/mol. The zero-order valence-corrected chi connectivity index (χ0v) is 33.8. The lowest BCUT2D eigenvalue weighted by molar-refractivity contribution is -0.170. The van der Waals surface area contributed by atoms with Crippen LogP contribution in [0.25, 0.3) is 0 Å². The zero-order valence-electron chi connectivity index (χ0n) is 33.8. The molecule has 2 rings (SSSR count). The van der Waals surface area contributed by atoms with Gasteiger partial charge in [0.2, 0.25) is 0 Å². The Balaban J connectivity index is 2.56. The standard InChI is InChI=1S/C40H72N2O8/c1-37(2,3)47-33(43)27-41(31(35(45)49-39(7,8)9)25-29-19-15-13-16-20-29)23-24-42(28-34(44)48-38(4,5)6)32(36(46)50-40(10,11)12)26-30-21-17-14-18-22-30/h29-32H,13-28H2,1-12H3/t31-,32-/m0/s1. The van der Waals surface area contributed by atoms with Crippen molar-refractivity contribution in [1.82, 2.24) is 9.80 Å². The average molecular weight is 709 g/mol. The molecule has 10 nitrogen and oxygen atoms in total. The molecular formula is C40H72N2O8. The van der Waals surface area contributed by atoms with Gasteiger partial charge in [-0.1, -0.05) is 64.2 Å². The van der Waals surface area contributed by atoms with Crippen molar-refractivity contribution in [1.29, 1.82) is 0 Å². The molecule has 50 heavy (non-hydrogen) atoms. The lowest BCUT2D eigenvalue weighted by Gasteiger charge is -2.38. The highest BCUT2D eigenvalue weighted by Gasteiger charge is 2.38. The highest BCUT2D eigenvalue weighted by Crippen LogP contribution is 2.32. The molecule has 2 saturated carbocycles. The van der Waals surface area contributed by atoms with E-state index in [4.69, 9.17) is 18.9 Å². The Morgan fingerprint density at radius 1 is 0.480 bits per heavy atom. The van der Waals surface area contributed by atoms with Gasteiger partial charge in [-0.3, -0.25) is 29.0 Å². The summed E-state index contributed by atoms with van der Waals surface area (Å²) in [6.45, 7) is 22.2. The van der Waals surface area contributed by atoms with E-state index in [0.29, 0.717) is 24.7 Å². The molecule has 0 aromatic heterocycles. The Bertz CT molecular complexity index is 997. The highest BCUT2D eigenvalue weighted by molar-refractivity contribution is 5.79. The van der Waals surface area contributed by atoms with Gasteiger partial charge in [-0.2, -0.15) is 0 Å². The Hall–Kier alpha value is -2.20. The van der Waals surface area contributed by atoms with Crippen LogP contribution in [0.5, 0.6) is 0 Å². The van der Waals surface area contributed by atoms with Gasteiger partial charge in [0.1, 0.15) is 34.5 Å². The predicted octanol–water partition coefficient (Wildman–Crippen LogP) is 7.64. The summed E-state index contributed by atoms with van der Waals surface area (Å²) in [7, 11) is 0. The third kappa shape index (κ3) is 18.3. The van der Waals surface area contributed by atoms with Gasteiger partial charge in [-0.15, -0.1) is 0 Å². The fraction of sp³-hybridized carbons (Fsp3) is 0.900. The molecule has 0 spiro atoms. The number of hydrogen-bond donors (Lipinski definition) is 0. The van der Waals surface area contributed by atoms with E-state index in [1.54, 1.807) is 0 Å². The second-order valence-corrected chi connectivity index (χ2v) is 18.7. The largest absolute Gasteiger partial charge is 0.459 e. The van der Waals surface area contributed by atoms with Crippen LogP contribution in [0.2, 0.25) is 0 Å². The van der Waals surface area contributed by atoms with Crippen molar-refractivity contribution >= 4 is 23.9 Å². The molecule has 2 atom stereocenters. The van der Waals surface area contributed by atoms with Gasteiger partial charge in [0.05, 0.1) is 13.1 Å².